The van der Waals surface area contributed by atoms with Crippen LogP contribution in [-0.2, 0) is 0 Å². The van der Waals surface area contributed by atoms with Crippen LogP contribution in [0.1, 0.15) is 45.7 Å². The monoisotopic (exact) mass is 238 g/mol. The van der Waals surface area contributed by atoms with Crippen molar-refractivity contribution >= 4 is 8.24 Å². The van der Waals surface area contributed by atoms with Gasteiger partial charge >= 0.3 is 0 Å². The molecule has 0 saturated carbocycles. The van der Waals surface area contributed by atoms with Crippen LogP contribution >= 0.6 is 0 Å². The molecule has 1 rings (SSSR count). The molecule has 2 nitrogen and oxygen atoms in total. The highest BCUT2D eigenvalue weighted by Crippen LogP contribution is 2.28. The number of hydrogen-bond acceptors (Lipinski definition) is 1. The van der Waals surface area contributed by atoms with E-state index in [9.17, 15) is 0 Å². The fraction of sp³-hybridized carbons (Fsp3) is 0.769. The normalized spacial score (nSPS) is 12.0. The number of hydrogen-bond donors (Lipinski definition) is 0. The summed E-state index contributed by atoms with van der Waals surface area (Å²) in [5, 5.41) is 0. The van der Waals surface area contributed by atoms with Gasteiger partial charge in [-0.05, 0) is 25.1 Å². The number of aryl methyl sites for hydroxylation is 1. The predicted octanol–water partition coefficient (Wildman–Crippen LogP) is 4.22. The summed E-state index contributed by atoms with van der Waals surface area (Å²) in [7, 11) is -1.30. The third-order valence-electron chi connectivity index (χ3n) is 3.41. The second kappa shape index (κ2) is 6.23. The van der Waals surface area contributed by atoms with E-state index in [0.717, 1.165) is 0 Å². The van der Waals surface area contributed by atoms with Crippen molar-refractivity contribution in [3.05, 3.63) is 18.2 Å². The van der Waals surface area contributed by atoms with Crippen molar-refractivity contribution in [3.8, 4) is 0 Å². The minimum atomic E-state index is -1.30. The minimum Gasteiger partial charge on any atom is -0.364 e. The molecule has 1 aromatic rings. The van der Waals surface area contributed by atoms with Crippen molar-refractivity contribution < 1.29 is 0 Å². The molecule has 1 heterocycles. The van der Waals surface area contributed by atoms with E-state index in [1.165, 1.54) is 43.1 Å². The van der Waals surface area contributed by atoms with E-state index in [-0.39, 0.29) is 0 Å². The lowest BCUT2D eigenvalue weighted by atomic mass is 10.5. The summed E-state index contributed by atoms with van der Waals surface area (Å²) in [4.78, 5) is 4.43. The third kappa shape index (κ3) is 2.97. The van der Waals surface area contributed by atoms with Gasteiger partial charge in [0.25, 0.3) is 0 Å². The highest BCUT2D eigenvalue weighted by Gasteiger charge is 2.32. The van der Waals surface area contributed by atoms with Crippen LogP contribution < -0.4 is 0 Å². The molecular formula is C13H26N2Si. The quantitative estimate of drug-likeness (QED) is 0.651. The zero-order valence-corrected chi connectivity index (χ0v) is 12.3. The summed E-state index contributed by atoms with van der Waals surface area (Å²) in [5.74, 6) is 0. The first-order valence-corrected chi connectivity index (χ1v) is 9.26. The number of aromatic nitrogens is 2. The van der Waals surface area contributed by atoms with Gasteiger partial charge in [-0.15, -0.1) is 0 Å². The molecule has 1 aromatic heterocycles. The maximum absolute atomic E-state index is 4.43. The minimum absolute atomic E-state index is 1.17. The average Bonchev–Trinajstić information content (AvgIpc) is 2.66. The molecular weight excluding hydrogens is 212 g/mol. The lowest BCUT2D eigenvalue weighted by Crippen LogP contribution is -2.42. The fourth-order valence-electron chi connectivity index (χ4n) is 2.84. The van der Waals surface area contributed by atoms with Gasteiger partial charge in [0.2, 0.25) is 0 Å². The van der Waals surface area contributed by atoms with Crippen LogP contribution in [0.15, 0.2) is 12.5 Å². The molecule has 0 aliphatic carbocycles. The molecule has 0 aliphatic rings. The van der Waals surface area contributed by atoms with Crippen molar-refractivity contribution in [2.75, 3.05) is 0 Å². The zero-order chi connectivity index (χ0) is 12.0. The Morgan fingerprint density at radius 1 is 1.06 bits per heavy atom. The summed E-state index contributed by atoms with van der Waals surface area (Å²) in [6.07, 6.45) is 8.28. The molecule has 0 bridgehead atoms. The first-order chi connectivity index (χ1) is 7.68. The highest BCUT2D eigenvalue weighted by atomic mass is 28.3. The van der Waals surface area contributed by atoms with E-state index >= 15 is 0 Å². The number of rotatable bonds is 7. The van der Waals surface area contributed by atoms with Gasteiger partial charge in [-0.3, -0.25) is 0 Å². The van der Waals surface area contributed by atoms with Crippen LogP contribution in [0.3, 0.4) is 0 Å². The van der Waals surface area contributed by atoms with Gasteiger partial charge in [0.15, 0.2) is 8.24 Å². The van der Waals surface area contributed by atoms with Crippen molar-refractivity contribution in [1.29, 1.82) is 0 Å². The van der Waals surface area contributed by atoms with Gasteiger partial charge in [-0.1, -0.05) is 40.0 Å². The largest absolute Gasteiger partial charge is 0.364 e. The standard InChI is InChI=1S/C13H26N2Si/c1-5-8-16(9-6-2,10-7-3)15-11-13(4)14-12-15/h11-12H,5-10H2,1-4H3. The van der Waals surface area contributed by atoms with Crippen LogP contribution in [0.25, 0.3) is 0 Å². The molecule has 0 radical (unpaired) electrons. The molecule has 0 amide bonds. The van der Waals surface area contributed by atoms with Crippen molar-refractivity contribution in [1.82, 2.24) is 9.22 Å². The topological polar surface area (TPSA) is 17.8 Å². The predicted molar refractivity (Wildman–Crippen MR) is 73.4 cm³/mol. The van der Waals surface area contributed by atoms with Gasteiger partial charge in [-0.25, -0.2) is 4.98 Å². The number of nitrogens with zero attached hydrogens (tertiary/aromatic N) is 2. The second-order valence-corrected chi connectivity index (χ2v) is 9.36. The summed E-state index contributed by atoms with van der Waals surface area (Å²) in [6.45, 7) is 9.05. The number of imidazole rings is 1. The van der Waals surface area contributed by atoms with E-state index < -0.39 is 8.24 Å². The van der Waals surface area contributed by atoms with Crippen molar-refractivity contribution in [2.45, 2.75) is 65.1 Å². The summed E-state index contributed by atoms with van der Waals surface area (Å²) in [6, 6.07) is 4.22. The molecule has 0 aliphatic heterocycles. The third-order valence-corrected chi connectivity index (χ3v) is 9.04. The van der Waals surface area contributed by atoms with Crippen LogP contribution in [0, 0.1) is 6.92 Å². The molecule has 0 N–H and O–H groups in total. The van der Waals surface area contributed by atoms with E-state index in [1.807, 2.05) is 0 Å². The SMILES string of the molecule is CCC[Si](CCC)(CCC)n1cnc(C)c1. The van der Waals surface area contributed by atoms with E-state index in [2.05, 4.69) is 49.4 Å². The van der Waals surface area contributed by atoms with Gasteiger partial charge in [0.05, 0.1) is 12.0 Å². The van der Waals surface area contributed by atoms with Gasteiger partial charge < -0.3 is 4.23 Å². The highest BCUT2D eigenvalue weighted by molar-refractivity contribution is 6.78. The van der Waals surface area contributed by atoms with E-state index in [0.29, 0.717) is 0 Å². The molecule has 0 aromatic carbocycles. The molecule has 16 heavy (non-hydrogen) atoms. The van der Waals surface area contributed by atoms with Crippen LogP contribution in [0.4, 0.5) is 0 Å². The summed E-state index contributed by atoms with van der Waals surface area (Å²) >= 11 is 0. The Labute approximate surface area is 101 Å². The van der Waals surface area contributed by atoms with E-state index in [1.54, 1.807) is 0 Å². The van der Waals surface area contributed by atoms with Gasteiger partial charge in [-0.2, -0.15) is 0 Å². The van der Waals surface area contributed by atoms with Gasteiger partial charge in [0.1, 0.15) is 0 Å². The summed E-state index contributed by atoms with van der Waals surface area (Å²) in [5.41, 5.74) is 1.17. The first kappa shape index (κ1) is 13.5. The summed E-state index contributed by atoms with van der Waals surface area (Å²) < 4.78 is 2.51. The van der Waals surface area contributed by atoms with Gasteiger partial charge in [0, 0.05) is 6.20 Å². The van der Waals surface area contributed by atoms with Crippen molar-refractivity contribution in [2.24, 2.45) is 0 Å². The Morgan fingerprint density at radius 3 is 1.88 bits per heavy atom. The average molecular weight is 238 g/mol. The smallest absolute Gasteiger partial charge is 0.163 e. The lowest BCUT2D eigenvalue weighted by Gasteiger charge is -2.32. The molecule has 0 atom stereocenters. The maximum Gasteiger partial charge on any atom is 0.163 e. The zero-order valence-electron chi connectivity index (χ0n) is 11.3. The molecule has 92 valence electrons. The fourth-order valence-corrected chi connectivity index (χ4v) is 7.92. The molecule has 0 saturated heterocycles. The van der Waals surface area contributed by atoms with E-state index in [4.69, 9.17) is 0 Å². The van der Waals surface area contributed by atoms with Crippen LogP contribution in [-0.4, -0.2) is 17.5 Å². The first-order valence-electron chi connectivity index (χ1n) is 6.69. The Bertz CT molecular complexity index is 290. The Balaban J connectivity index is 2.98. The van der Waals surface area contributed by atoms with Crippen LogP contribution in [0.2, 0.25) is 18.1 Å². The molecule has 0 unspecified atom stereocenters. The Morgan fingerprint density at radius 2 is 1.56 bits per heavy atom. The molecule has 3 heteroatoms. The maximum atomic E-state index is 4.43. The Hall–Kier alpha value is -0.573. The van der Waals surface area contributed by atoms with Crippen molar-refractivity contribution in [3.63, 3.8) is 0 Å². The molecule has 0 spiro atoms. The Kier molecular flexibility index (Phi) is 5.26. The second-order valence-electron chi connectivity index (χ2n) is 4.90. The lowest BCUT2D eigenvalue weighted by molar-refractivity contribution is 0.867. The molecule has 0 fully saturated rings. The van der Waals surface area contributed by atoms with Crippen LogP contribution in [0.5, 0.6) is 0 Å².